The molecule has 0 unspecified atom stereocenters. The van der Waals surface area contributed by atoms with Crippen LogP contribution in [0.5, 0.6) is 11.5 Å². The van der Waals surface area contributed by atoms with E-state index in [9.17, 15) is 14.7 Å². The maximum Gasteiger partial charge on any atom is 0.239 e. The minimum Gasteiger partial charge on any atom is -0.550 e. The number of nitrogens with one attached hydrogen (secondary N) is 1. The number of thioether (sulfide) groups is 1. The van der Waals surface area contributed by atoms with Gasteiger partial charge in [0.25, 0.3) is 0 Å². The molecule has 22 heavy (non-hydrogen) atoms. The van der Waals surface area contributed by atoms with Crippen molar-refractivity contribution in [3.05, 3.63) is 23.8 Å². The Hall–Kier alpha value is -2.55. The van der Waals surface area contributed by atoms with E-state index in [-0.39, 0.29) is 18.4 Å². The number of hydrogen-bond acceptors (Lipinski definition) is 8. The fourth-order valence-electron chi connectivity index (χ4n) is 1.88. The lowest BCUT2D eigenvalue weighted by atomic mass is 10.2. The number of carboxylic acid groups (broad SMARTS) is 1. The molecule has 9 heteroatoms. The first-order valence-corrected chi connectivity index (χ1v) is 7.18. The first-order chi connectivity index (χ1) is 10.6. The summed E-state index contributed by atoms with van der Waals surface area (Å²) in [5, 5.41) is 20.2. The Kier molecular flexibility index (Phi) is 3.96. The van der Waals surface area contributed by atoms with Crippen LogP contribution in [0.2, 0.25) is 0 Å². The van der Waals surface area contributed by atoms with Gasteiger partial charge in [-0.2, -0.15) is 5.10 Å². The molecule has 0 aliphatic carbocycles. The van der Waals surface area contributed by atoms with E-state index in [1.54, 1.807) is 18.2 Å². The molecular weight excluding hydrogens is 310 g/mol. The summed E-state index contributed by atoms with van der Waals surface area (Å²) in [7, 11) is 0. The average Bonchev–Trinajstić information content (AvgIpc) is 3.05. The van der Waals surface area contributed by atoms with Gasteiger partial charge in [0.15, 0.2) is 16.7 Å². The molecule has 1 aromatic rings. The van der Waals surface area contributed by atoms with Gasteiger partial charge in [-0.25, -0.2) is 0 Å². The molecule has 2 heterocycles. The molecule has 114 valence electrons. The first kappa shape index (κ1) is 14.4. The Morgan fingerprint density at radius 1 is 1.45 bits per heavy atom. The first-order valence-electron chi connectivity index (χ1n) is 6.30. The van der Waals surface area contributed by atoms with Gasteiger partial charge in [-0.1, -0.05) is 11.8 Å². The van der Waals surface area contributed by atoms with Crippen LogP contribution < -0.4 is 19.9 Å². The zero-order chi connectivity index (χ0) is 15.5. The third-order valence-electron chi connectivity index (χ3n) is 2.88. The van der Waals surface area contributed by atoms with Crippen molar-refractivity contribution in [1.82, 2.24) is 5.32 Å². The Bertz CT molecular complexity index is 688. The van der Waals surface area contributed by atoms with Gasteiger partial charge in [-0.3, -0.25) is 4.79 Å². The molecule has 1 saturated heterocycles. The van der Waals surface area contributed by atoms with E-state index in [0.29, 0.717) is 11.5 Å². The van der Waals surface area contributed by atoms with Crippen LogP contribution in [0.1, 0.15) is 12.0 Å². The molecule has 8 nitrogen and oxygen atoms in total. The number of benzene rings is 1. The normalized spacial score (nSPS) is 21.5. The third-order valence-corrected chi connectivity index (χ3v) is 3.95. The van der Waals surface area contributed by atoms with Gasteiger partial charge in [0.1, 0.15) is 0 Å². The van der Waals surface area contributed by atoms with Crippen molar-refractivity contribution in [1.29, 1.82) is 0 Å². The second-order valence-electron chi connectivity index (χ2n) is 4.43. The van der Waals surface area contributed by atoms with Crippen molar-refractivity contribution in [3.8, 4) is 11.5 Å². The number of carbonyl (C=O) groups is 2. The van der Waals surface area contributed by atoms with Crippen LogP contribution in [0, 0.1) is 0 Å². The van der Waals surface area contributed by atoms with Crippen molar-refractivity contribution in [2.45, 2.75) is 11.7 Å². The molecule has 0 spiro atoms. The Balaban J connectivity index is 1.64. The van der Waals surface area contributed by atoms with E-state index in [0.717, 1.165) is 17.3 Å². The van der Waals surface area contributed by atoms with Gasteiger partial charge >= 0.3 is 0 Å². The Labute approximate surface area is 129 Å². The number of hydrogen-bond donors (Lipinski definition) is 1. The largest absolute Gasteiger partial charge is 0.550 e. The molecule has 0 bridgehead atoms. The number of amides is 1. The summed E-state index contributed by atoms with van der Waals surface area (Å²) in [5.74, 6) is -0.384. The zero-order valence-corrected chi connectivity index (χ0v) is 12.0. The number of ether oxygens (including phenoxy) is 2. The highest BCUT2D eigenvalue weighted by molar-refractivity contribution is 8.15. The predicted molar refractivity (Wildman–Crippen MR) is 76.7 cm³/mol. The number of nitrogens with zero attached hydrogens (tertiary/aromatic N) is 2. The van der Waals surface area contributed by atoms with E-state index in [1.807, 2.05) is 0 Å². The number of amidine groups is 1. The van der Waals surface area contributed by atoms with Gasteiger partial charge in [0.2, 0.25) is 12.7 Å². The second kappa shape index (κ2) is 6.06. The molecule has 1 fully saturated rings. The summed E-state index contributed by atoms with van der Waals surface area (Å²) >= 11 is 1.01. The molecule has 1 atom stereocenters. The lowest BCUT2D eigenvalue weighted by Crippen LogP contribution is -2.31. The molecule has 2 aliphatic rings. The zero-order valence-electron chi connectivity index (χ0n) is 11.1. The summed E-state index contributed by atoms with van der Waals surface area (Å²) in [6.45, 7) is 0.195. The number of carbonyl (C=O) groups excluding carboxylic acids is 2. The van der Waals surface area contributed by atoms with Gasteiger partial charge in [-0.15, -0.1) is 5.10 Å². The number of carboxylic acids is 1. The number of fused-ring (bicyclic) bond motifs is 1. The molecule has 0 saturated carbocycles. The molecule has 0 radical (unpaired) electrons. The van der Waals surface area contributed by atoms with Crippen LogP contribution in [0.25, 0.3) is 0 Å². The second-order valence-corrected chi connectivity index (χ2v) is 5.63. The Morgan fingerprint density at radius 3 is 3.09 bits per heavy atom. The summed E-state index contributed by atoms with van der Waals surface area (Å²) in [5.41, 5.74) is 0.759. The molecule has 1 amide bonds. The van der Waals surface area contributed by atoms with Crippen LogP contribution in [0.15, 0.2) is 28.4 Å². The molecule has 0 aromatic heterocycles. The van der Waals surface area contributed by atoms with Crippen molar-refractivity contribution in [3.63, 3.8) is 0 Å². The van der Waals surface area contributed by atoms with Gasteiger partial charge in [-0.05, 0) is 23.8 Å². The molecular formula is C13H10N3O5S-. The van der Waals surface area contributed by atoms with E-state index in [4.69, 9.17) is 9.47 Å². The maximum absolute atomic E-state index is 11.5. The maximum atomic E-state index is 11.5. The Morgan fingerprint density at radius 2 is 2.27 bits per heavy atom. The van der Waals surface area contributed by atoms with Gasteiger partial charge in [0, 0.05) is 12.4 Å². The number of rotatable bonds is 4. The van der Waals surface area contributed by atoms with E-state index in [1.165, 1.54) is 6.21 Å². The minimum absolute atomic E-state index is 0.195. The third kappa shape index (κ3) is 3.19. The van der Waals surface area contributed by atoms with Gasteiger partial charge in [0.05, 0.1) is 11.5 Å². The van der Waals surface area contributed by atoms with Crippen molar-refractivity contribution < 1.29 is 24.2 Å². The quantitative estimate of drug-likeness (QED) is 0.590. The van der Waals surface area contributed by atoms with Crippen molar-refractivity contribution in [2.24, 2.45) is 10.2 Å². The van der Waals surface area contributed by atoms with Crippen LogP contribution in [-0.4, -0.2) is 35.3 Å². The molecule has 3 rings (SSSR count). The molecule has 2 aliphatic heterocycles. The highest BCUT2D eigenvalue weighted by atomic mass is 32.2. The lowest BCUT2D eigenvalue weighted by molar-refractivity contribution is -0.305. The predicted octanol–water partition coefficient (Wildman–Crippen LogP) is -0.523. The fourth-order valence-corrected chi connectivity index (χ4v) is 2.79. The highest BCUT2D eigenvalue weighted by Gasteiger charge is 2.30. The molecule has 1 aromatic carbocycles. The van der Waals surface area contributed by atoms with E-state index < -0.39 is 17.1 Å². The summed E-state index contributed by atoms with van der Waals surface area (Å²) in [4.78, 5) is 22.0. The van der Waals surface area contributed by atoms with Crippen LogP contribution in [-0.2, 0) is 9.59 Å². The van der Waals surface area contributed by atoms with Crippen molar-refractivity contribution in [2.75, 3.05) is 6.79 Å². The van der Waals surface area contributed by atoms with E-state index >= 15 is 0 Å². The van der Waals surface area contributed by atoms with Crippen LogP contribution >= 0.6 is 11.8 Å². The summed E-state index contributed by atoms with van der Waals surface area (Å²) in [6.07, 6.45) is 1.13. The lowest BCUT2D eigenvalue weighted by Gasteiger charge is -2.04. The van der Waals surface area contributed by atoms with Crippen molar-refractivity contribution >= 4 is 35.0 Å². The average molecular weight is 320 g/mol. The standard InChI is InChI=1S/C13H11N3O5S/c17-11(18)4-10-12(19)15-13(22-10)16-14-5-7-1-2-8-9(3-7)21-6-20-8/h1-3,5,10H,4,6H2,(H,17,18)(H,15,16,19)/p-1/b14-5-/t10-/m0/s1. The molecule has 1 N–H and O–H groups in total. The van der Waals surface area contributed by atoms with Crippen LogP contribution in [0.3, 0.4) is 0 Å². The minimum atomic E-state index is -1.28. The smallest absolute Gasteiger partial charge is 0.239 e. The highest BCUT2D eigenvalue weighted by Crippen LogP contribution is 2.32. The summed E-state index contributed by atoms with van der Waals surface area (Å²) in [6, 6.07) is 5.31. The SMILES string of the molecule is O=C([O-])C[C@@H]1S/C(=N/N=C\c2ccc3c(c2)OCO3)NC1=O. The van der Waals surface area contributed by atoms with E-state index in [2.05, 4.69) is 15.5 Å². The van der Waals surface area contributed by atoms with Crippen LogP contribution in [0.4, 0.5) is 0 Å². The monoisotopic (exact) mass is 320 g/mol. The fraction of sp³-hybridized carbons (Fsp3) is 0.231. The number of aliphatic carboxylic acids is 1. The topological polar surface area (TPSA) is 112 Å². The van der Waals surface area contributed by atoms with Gasteiger partial charge < -0.3 is 24.7 Å². The summed E-state index contributed by atoms with van der Waals surface area (Å²) < 4.78 is 10.4.